The molecule has 1 amide bonds. The largest absolute Gasteiger partial charge is 0.445 e. The zero-order chi connectivity index (χ0) is 16.3. The van der Waals surface area contributed by atoms with Crippen LogP contribution >= 0.6 is 0 Å². The first-order valence-corrected chi connectivity index (χ1v) is 10.4. The molecular formula is C15H30N2O3Si. The number of carbonyl (C=O) groups is 1. The van der Waals surface area contributed by atoms with Crippen molar-refractivity contribution in [2.75, 3.05) is 19.8 Å². The highest BCUT2D eigenvalue weighted by atomic mass is 28.4. The summed E-state index contributed by atoms with van der Waals surface area (Å²) in [5, 5.41) is 0.155. The molecule has 0 bridgehead atoms. The molecule has 5 nitrogen and oxygen atoms in total. The van der Waals surface area contributed by atoms with Gasteiger partial charge in [-0.25, -0.2) is 4.79 Å². The fraction of sp³-hybridized carbons (Fsp3) is 0.800. The van der Waals surface area contributed by atoms with Gasteiger partial charge in [-0.3, -0.25) is 0 Å². The standard InChI is InChI=1S/C15H30N2O3Si/c1-7-8-19-14(18)17-10-12(16)9-13(17)11-20-21(5,6)15(2,3)4/h7,12-13H,1,8-11,16H2,2-6H3/t12-,13+/m1/s1. The lowest BCUT2D eigenvalue weighted by molar-refractivity contribution is 0.0938. The smallest absolute Gasteiger partial charge is 0.410 e. The number of rotatable bonds is 5. The molecule has 1 fully saturated rings. The molecule has 1 saturated heterocycles. The van der Waals surface area contributed by atoms with Crippen LogP contribution in [0, 0.1) is 0 Å². The van der Waals surface area contributed by atoms with Gasteiger partial charge in [0.1, 0.15) is 6.61 Å². The lowest BCUT2D eigenvalue weighted by Crippen LogP contribution is -2.46. The van der Waals surface area contributed by atoms with E-state index >= 15 is 0 Å². The first kappa shape index (κ1) is 18.2. The van der Waals surface area contributed by atoms with Crippen LogP contribution in [0.1, 0.15) is 27.2 Å². The molecule has 0 radical (unpaired) electrons. The van der Waals surface area contributed by atoms with Gasteiger partial charge in [-0.1, -0.05) is 33.4 Å². The Morgan fingerprint density at radius 3 is 2.62 bits per heavy atom. The van der Waals surface area contributed by atoms with Gasteiger partial charge in [0.2, 0.25) is 0 Å². The van der Waals surface area contributed by atoms with E-state index in [-0.39, 0.29) is 29.8 Å². The lowest BCUT2D eigenvalue weighted by Gasteiger charge is -2.37. The van der Waals surface area contributed by atoms with Crippen molar-refractivity contribution in [2.24, 2.45) is 5.73 Å². The van der Waals surface area contributed by atoms with E-state index in [2.05, 4.69) is 40.4 Å². The molecule has 6 heteroatoms. The molecule has 122 valence electrons. The predicted octanol–water partition coefficient (Wildman–Crippen LogP) is 2.73. The number of carbonyl (C=O) groups excluding carboxylic acids is 1. The molecule has 0 aromatic heterocycles. The second-order valence-corrected chi connectivity index (χ2v) is 12.0. The van der Waals surface area contributed by atoms with Gasteiger partial charge in [0, 0.05) is 12.6 Å². The van der Waals surface area contributed by atoms with Gasteiger partial charge < -0.3 is 19.8 Å². The van der Waals surface area contributed by atoms with E-state index in [0.29, 0.717) is 13.2 Å². The number of ether oxygens (including phenoxy) is 1. The number of hydrogen-bond donors (Lipinski definition) is 1. The Hall–Kier alpha value is -0.853. The minimum Gasteiger partial charge on any atom is -0.445 e. The van der Waals surface area contributed by atoms with E-state index in [1.807, 2.05) is 0 Å². The highest BCUT2D eigenvalue weighted by molar-refractivity contribution is 6.74. The van der Waals surface area contributed by atoms with Crippen LogP contribution in [-0.2, 0) is 9.16 Å². The Kier molecular flexibility index (Phi) is 6.01. The topological polar surface area (TPSA) is 64.8 Å². The fourth-order valence-electron chi connectivity index (χ4n) is 2.07. The average Bonchev–Trinajstić information content (AvgIpc) is 2.73. The summed E-state index contributed by atoms with van der Waals surface area (Å²) in [7, 11) is -1.82. The van der Waals surface area contributed by atoms with E-state index in [0.717, 1.165) is 6.42 Å². The van der Waals surface area contributed by atoms with Crippen LogP contribution in [0.2, 0.25) is 18.1 Å². The van der Waals surface area contributed by atoms with Gasteiger partial charge in [-0.15, -0.1) is 0 Å². The Labute approximate surface area is 129 Å². The van der Waals surface area contributed by atoms with Crippen LogP contribution in [0.5, 0.6) is 0 Å². The van der Waals surface area contributed by atoms with E-state index in [1.54, 1.807) is 11.0 Å². The minimum atomic E-state index is -1.82. The normalized spacial score (nSPS) is 23.2. The number of amides is 1. The van der Waals surface area contributed by atoms with Gasteiger partial charge in [-0.05, 0) is 24.6 Å². The van der Waals surface area contributed by atoms with E-state index in [1.165, 1.54) is 0 Å². The van der Waals surface area contributed by atoms with E-state index in [4.69, 9.17) is 14.9 Å². The highest BCUT2D eigenvalue weighted by Gasteiger charge is 2.40. The van der Waals surface area contributed by atoms with Gasteiger partial charge >= 0.3 is 6.09 Å². The van der Waals surface area contributed by atoms with Crippen molar-refractivity contribution in [3.05, 3.63) is 12.7 Å². The maximum Gasteiger partial charge on any atom is 0.410 e. The van der Waals surface area contributed by atoms with Crippen LogP contribution in [0.15, 0.2) is 12.7 Å². The molecule has 21 heavy (non-hydrogen) atoms. The average molecular weight is 315 g/mol. The molecule has 1 rings (SSSR count). The van der Waals surface area contributed by atoms with Crippen molar-refractivity contribution in [2.45, 2.75) is 57.4 Å². The number of likely N-dealkylation sites (tertiary alicyclic amines) is 1. The van der Waals surface area contributed by atoms with Crippen molar-refractivity contribution < 1.29 is 14.0 Å². The Balaban J connectivity index is 2.63. The van der Waals surface area contributed by atoms with E-state index < -0.39 is 8.32 Å². The third-order valence-electron chi connectivity index (χ3n) is 4.45. The first-order chi connectivity index (χ1) is 9.58. The van der Waals surface area contributed by atoms with Gasteiger partial charge in [0.05, 0.1) is 12.6 Å². The molecule has 0 aromatic rings. The van der Waals surface area contributed by atoms with Crippen molar-refractivity contribution in [3.8, 4) is 0 Å². The molecule has 1 aliphatic heterocycles. The zero-order valence-corrected chi connectivity index (χ0v) is 15.0. The minimum absolute atomic E-state index is 0.00528. The monoisotopic (exact) mass is 314 g/mol. The molecule has 2 N–H and O–H groups in total. The maximum atomic E-state index is 12.0. The van der Waals surface area contributed by atoms with Crippen molar-refractivity contribution in [3.63, 3.8) is 0 Å². The molecule has 0 saturated carbocycles. The molecule has 0 spiro atoms. The summed E-state index contributed by atoms with van der Waals surface area (Å²) in [5.41, 5.74) is 5.99. The molecule has 0 aromatic carbocycles. The SMILES string of the molecule is C=CCOC(=O)N1C[C@H](N)C[C@H]1CO[Si](C)(C)C(C)(C)C. The molecule has 2 atom stereocenters. The zero-order valence-electron chi connectivity index (χ0n) is 14.0. The molecular weight excluding hydrogens is 284 g/mol. The molecule has 1 aliphatic rings. The summed E-state index contributed by atoms with van der Waals surface area (Å²) in [5.74, 6) is 0. The Morgan fingerprint density at radius 1 is 1.48 bits per heavy atom. The third kappa shape index (κ3) is 4.83. The van der Waals surface area contributed by atoms with Crippen LogP contribution < -0.4 is 5.73 Å². The van der Waals surface area contributed by atoms with Gasteiger partial charge in [-0.2, -0.15) is 0 Å². The maximum absolute atomic E-state index is 12.0. The van der Waals surface area contributed by atoms with Crippen molar-refractivity contribution in [1.82, 2.24) is 4.90 Å². The van der Waals surface area contributed by atoms with Crippen LogP contribution in [-0.4, -0.2) is 51.2 Å². The summed E-state index contributed by atoms with van der Waals surface area (Å²) in [6.45, 7) is 15.9. The van der Waals surface area contributed by atoms with Crippen LogP contribution in [0.25, 0.3) is 0 Å². The summed E-state index contributed by atoms with van der Waals surface area (Å²) in [6.07, 6.45) is 2.00. The van der Waals surface area contributed by atoms with Crippen molar-refractivity contribution >= 4 is 14.4 Å². The molecule has 0 aliphatic carbocycles. The van der Waals surface area contributed by atoms with E-state index in [9.17, 15) is 4.79 Å². The van der Waals surface area contributed by atoms with Crippen molar-refractivity contribution in [1.29, 1.82) is 0 Å². The van der Waals surface area contributed by atoms with Gasteiger partial charge in [0.25, 0.3) is 0 Å². The summed E-state index contributed by atoms with van der Waals surface area (Å²) >= 11 is 0. The van der Waals surface area contributed by atoms with Crippen LogP contribution in [0.4, 0.5) is 4.79 Å². The number of nitrogens with zero attached hydrogens (tertiary/aromatic N) is 1. The lowest BCUT2D eigenvalue weighted by atomic mass is 10.2. The quantitative estimate of drug-likeness (QED) is 0.626. The van der Waals surface area contributed by atoms with Gasteiger partial charge in [0.15, 0.2) is 8.32 Å². The summed E-state index contributed by atoms with van der Waals surface area (Å²) in [4.78, 5) is 13.7. The fourth-order valence-corrected chi connectivity index (χ4v) is 3.11. The molecule has 1 heterocycles. The predicted molar refractivity (Wildman–Crippen MR) is 87.8 cm³/mol. The summed E-state index contributed by atoms with van der Waals surface area (Å²) < 4.78 is 11.3. The Bertz CT molecular complexity index is 380. The highest BCUT2D eigenvalue weighted by Crippen LogP contribution is 2.37. The first-order valence-electron chi connectivity index (χ1n) is 7.52. The Morgan fingerprint density at radius 2 is 2.10 bits per heavy atom. The second kappa shape index (κ2) is 6.94. The second-order valence-electron chi connectivity index (χ2n) is 7.24. The number of nitrogens with two attached hydrogens (primary N) is 1. The third-order valence-corrected chi connectivity index (χ3v) is 8.95. The number of hydrogen-bond acceptors (Lipinski definition) is 4. The summed E-state index contributed by atoms with van der Waals surface area (Å²) in [6, 6.07) is 0.000682. The molecule has 0 unspecified atom stereocenters. The van der Waals surface area contributed by atoms with Crippen LogP contribution in [0.3, 0.4) is 0 Å².